The van der Waals surface area contributed by atoms with Gasteiger partial charge in [-0.2, -0.15) is 0 Å². The molecule has 0 aromatic carbocycles. The highest BCUT2D eigenvalue weighted by Crippen LogP contribution is 2.25. The minimum atomic E-state index is 0.0755. The minimum absolute atomic E-state index is 0.0755. The Morgan fingerprint density at radius 3 is 2.88 bits per heavy atom. The van der Waals surface area contributed by atoms with Gasteiger partial charge >= 0.3 is 0 Å². The number of nitrogens with two attached hydrogens (primary N) is 1. The van der Waals surface area contributed by atoms with Crippen LogP contribution in [0.2, 0.25) is 0 Å². The SMILES string of the molecule is CN(CCn1ccccc1=O)CC1CC(N)C1. The van der Waals surface area contributed by atoms with Crippen molar-refractivity contribution in [1.29, 1.82) is 0 Å². The van der Waals surface area contributed by atoms with Crippen molar-refractivity contribution in [1.82, 2.24) is 9.47 Å². The minimum Gasteiger partial charge on any atom is -0.328 e. The molecule has 17 heavy (non-hydrogen) atoms. The summed E-state index contributed by atoms with van der Waals surface area (Å²) in [5, 5.41) is 0. The number of pyridine rings is 1. The van der Waals surface area contributed by atoms with Crippen molar-refractivity contribution in [2.75, 3.05) is 20.1 Å². The van der Waals surface area contributed by atoms with E-state index in [2.05, 4.69) is 11.9 Å². The molecule has 0 spiro atoms. The second-order valence-corrected chi connectivity index (χ2v) is 5.09. The second kappa shape index (κ2) is 5.47. The van der Waals surface area contributed by atoms with E-state index in [1.807, 2.05) is 12.3 Å². The fraction of sp³-hybridized carbons (Fsp3) is 0.615. The van der Waals surface area contributed by atoms with E-state index in [0.29, 0.717) is 6.04 Å². The molecule has 0 saturated heterocycles. The normalized spacial score (nSPS) is 23.7. The highest BCUT2D eigenvalue weighted by atomic mass is 16.1. The third-order valence-corrected chi connectivity index (χ3v) is 3.46. The summed E-state index contributed by atoms with van der Waals surface area (Å²) in [5.74, 6) is 0.752. The van der Waals surface area contributed by atoms with E-state index in [1.165, 1.54) is 0 Å². The van der Waals surface area contributed by atoms with Gasteiger partial charge in [0.1, 0.15) is 0 Å². The van der Waals surface area contributed by atoms with Gasteiger partial charge in [-0.15, -0.1) is 0 Å². The Bertz CT molecular complexity index is 409. The lowest BCUT2D eigenvalue weighted by atomic mass is 9.81. The molecular formula is C13H21N3O. The predicted molar refractivity (Wildman–Crippen MR) is 68.9 cm³/mol. The average Bonchev–Trinajstić information content (AvgIpc) is 2.26. The second-order valence-electron chi connectivity index (χ2n) is 5.09. The molecule has 0 bridgehead atoms. The van der Waals surface area contributed by atoms with Crippen molar-refractivity contribution >= 4 is 0 Å². The fourth-order valence-corrected chi connectivity index (χ4v) is 2.39. The topological polar surface area (TPSA) is 51.3 Å². The van der Waals surface area contributed by atoms with Crippen LogP contribution in [0, 0.1) is 5.92 Å². The monoisotopic (exact) mass is 235 g/mol. The fourth-order valence-electron chi connectivity index (χ4n) is 2.39. The van der Waals surface area contributed by atoms with Gasteiger partial charge in [0, 0.05) is 37.9 Å². The summed E-state index contributed by atoms with van der Waals surface area (Å²) < 4.78 is 1.75. The molecule has 1 saturated carbocycles. The van der Waals surface area contributed by atoms with Gasteiger partial charge in [-0.05, 0) is 31.9 Å². The Labute approximate surface area is 102 Å². The van der Waals surface area contributed by atoms with Gasteiger partial charge in [0.25, 0.3) is 5.56 Å². The Kier molecular flexibility index (Phi) is 3.97. The van der Waals surface area contributed by atoms with Crippen LogP contribution >= 0.6 is 0 Å². The third kappa shape index (κ3) is 3.41. The van der Waals surface area contributed by atoms with E-state index in [4.69, 9.17) is 5.73 Å². The van der Waals surface area contributed by atoms with Gasteiger partial charge in [0.15, 0.2) is 0 Å². The van der Waals surface area contributed by atoms with Crippen molar-refractivity contribution in [3.63, 3.8) is 0 Å². The molecule has 94 valence electrons. The first kappa shape index (κ1) is 12.3. The molecule has 0 atom stereocenters. The third-order valence-electron chi connectivity index (χ3n) is 3.46. The Hall–Kier alpha value is -1.13. The van der Waals surface area contributed by atoms with Crippen LogP contribution < -0.4 is 11.3 Å². The van der Waals surface area contributed by atoms with Crippen LogP contribution in [-0.4, -0.2) is 35.6 Å². The summed E-state index contributed by atoms with van der Waals surface area (Å²) in [6.45, 7) is 2.76. The average molecular weight is 235 g/mol. The molecular weight excluding hydrogens is 214 g/mol. The number of likely N-dealkylation sites (N-methyl/N-ethyl adjacent to an activating group) is 1. The summed E-state index contributed by atoms with van der Waals surface area (Å²) in [6.07, 6.45) is 4.14. The molecule has 2 N–H and O–H groups in total. The van der Waals surface area contributed by atoms with E-state index < -0.39 is 0 Å². The highest BCUT2D eigenvalue weighted by molar-refractivity contribution is 4.93. The van der Waals surface area contributed by atoms with Crippen molar-refractivity contribution in [3.05, 3.63) is 34.7 Å². The number of nitrogens with zero attached hydrogens (tertiary/aromatic N) is 2. The van der Waals surface area contributed by atoms with Gasteiger partial charge in [0.05, 0.1) is 0 Å². The van der Waals surface area contributed by atoms with Crippen LogP contribution in [0.1, 0.15) is 12.8 Å². The predicted octanol–water partition coefficient (Wildman–Crippen LogP) is 0.517. The van der Waals surface area contributed by atoms with E-state index in [1.54, 1.807) is 16.7 Å². The standard InChI is InChI=1S/C13H21N3O/c1-15(10-11-8-12(14)9-11)6-7-16-5-3-2-4-13(16)17/h2-5,11-12H,6-10,14H2,1H3. The van der Waals surface area contributed by atoms with Crippen LogP contribution in [-0.2, 0) is 6.54 Å². The molecule has 0 unspecified atom stereocenters. The summed E-state index contributed by atoms with van der Waals surface area (Å²) in [5.41, 5.74) is 5.84. The Morgan fingerprint density at radius 2 is 2.24 bits per heavy atom. The molecule has 1 aromatic rings. The highest BCUT2D eigenvalue weighted by Gasteiger charge is 2.26. The molecule has 4 heteroatoms. The van der Waals surface area contributed by atoms with Gasteiger partial charge in [-0.25, -0.2) is 0 Å². The largest absolute Gasteiger partial charge is 0.328 e. The van der Waals surface area contributed by atoms with Crippen LogP contribution in [0.5, 0.6) is 0 Å². The zero-order valence-electron chi connectivity index (χ0n) is 10.4. The Balaban J connectivity index is 1.74. The lowest BCUT2D eigenvalue weighted by Crippen LogP contribution is -2.42. The zero-order chi connectivity index (χ0) is 12.3. The van der Waals surface area contributed by atoms with Crippen LogP contribution in [0.4, 0.5) is 0 Å². The van der Waals surface area contributed by atoms with Crippen molar-refractivity contribution in [2.45, 2.75) is 25.4 Å². The van der Waals surface area contributed by atoms with Gasteiger partial charge in [0.2, 0.25) is 0 Å². The maximum Gasteiger partial charge on any atom is 0.250 e. The van der Waals surface area contributed by atoms with Crippen LogP contribution in [0.25, 0.3) is 0 Å². The molecule has 4 nitrogen and oxygen atoms in total. The maximum atomic E-state index is 11.5. The van der Waals surface area contributed by atoms with Crippen LogP contribution in [0.15, 0.2) is 29.2 Å². The van der Waals surface area contributed by atoms with E-state index in [9.17, 15) is 4.79 Å². The van der Waals surface area contributed by atoms with Crippen molar-refractivity contribution < 1.29 is 0 Å². The molecule has 1 aliphatic rings. The molecule has 1 heterocycles. The molecule has 0 amide bonds. The summed E-state index contributed by atoms with van der Waals surface area (Å²) in [4.78, 5) is 13.8. The zero-order valence-corrected chi connectivity index (χ0v) is 10.4. The van der Waals surface area contributed by atoms with Gasteiger partial charge in [-0.3, -0.25) is 4.79 Å². The van der Waals surface area contributed by atoms with E-state index in [-0.39, 0.29) is 5.56 Å². The lowest BCUT2D eigenvalue weighted by Gasteiger charge is -2.35. The molecule has 1 aliphatic carbocycles. The summed E-state index contributed by atoms with van der Waals surface area (Å²) in [7, 11) is 2.11. The summed E-state index contributed by atoms with van der Waals surface area (Å²) in [6, 6.07) is 5.69. The van der Waals surface area contributed by atoms with Gasteiger partial charge < -0.3 is 15.2 Å². The van der Waals surface area contributed by atoms with Gasteiger partial charge in [-0.1, -0.05) is 6.07 Å². The first-order chi connectivity index (χ1) is 8.15. The summed E-state index contributed by atoms with van der Waals surface area (Å²) >= 11 is 0. The number of hydrogen-bond acceptors (Lipinski definition) is 3. The van der Waals surface area contributed by atoms with Crippen molar-refractivity contribution in [3.8, 4) is 0 Å². The molecule has 1 aromatic heterocycles. The first-order valence-corrected chi connectivity index (χ1v) is 6.25. The lowest BCUT2D eigenvalue weighted by molar-refractivity contribution is 0.179. The number of rotatable bonds is 5. The molecule has 0 radical (unpaired) electrons. The molecule has 0 aliphatic heterocycles. The molecule has 1 fully saturated rings. The first-order valence-electron chi connectivity index (χ1n) is 6.25. The Morgan fingerprint density at radius 1 is 1.47 bits per heavy atom. The van der Waals surface area contributed by atoms with Crippen LogP contribution in [0.3, 0.4) is 0 Å². The quantitative estimate of drug-likeness (QED) is 0.809. The van der Waals surface area contributed by atoms with Crippen molar-refractivity contribution in [2.24, 2.45) is 11.7 Å². The van der Waals surface area contributed by atoms with E-state index in [0.717, 1.165) is 38.4 Å². The van der Waals surface area contributed by atoms with E-state index >= 15 is 0 Å². The smallest absolute Gasteiger partial charge is 0.250 e. The number of aromatic nitrogens is 1. The molecule has 2 rings (SSSR count). The maximum absolute atomic E-state index is 11.5. The number of hydrogen-bond donors (Lipinski definition) is 1.